The van der Waals surface area contributed by atoms with E-state index in [-0.39, 0.29) is 12.5 Å². The van der Waals surface area contributed by atoms with Crippen molar-refractivity contribution < 1.29 is 10.1 Å². The summed E-state index contributed by atoms with van der Waals surface area (Å²) in [7, 11) is 3.30. The summed E-state index contributed by atoms with van der Waals surface area (Å²) in [4.78, 5) is 9.75. The Morgan fingerprint density at radius 2 is 2.50 bits per heavy atom. The monoisotopic (exact) mass is 88.1 g/mol. The third kappa shape index (κ3) is 3.43. The summed E-state index contributed by atoms with van der Waals surface area (Å²) >= 11 is 0. The fraction of sp³-hybridized carbons (Fsp3) is 0.333. The van der Waals surface area contributed by atoms with Crippen molar-refractivity contribution >= 4 is 5.91 Å². The van der Waals surface area contributed by atoms with Crippen LogP contribution in [-0.4, -0.2) is 12.5 Å². The zero-order chi connectivity index (χ0) is 4.99. The van der Waals surface area contributed by atoms with Gasteiger partial charge < -0.3 is 11.1 Å². The van der Waals surface area contributed by atoms with Gasteiger partial charge in [-0.15, -0.1) is 0 Å². The highest BCUT2D eigenvalue weighted by Gasteiger charge is 1.84. The molecule has 0 unspecified atom stereocenters. The van der Waals surface area contributed by atoms with Crippen LogP contribution in [0.3, 0.4) is 0 Å². The fourth-order valence-corrected chi connectivity index (χ4v) is 0.142. The van der Waals surface area contributed by atoms with E-state index >= 15 is 0 Å². The minimum absolute atomic E-state index is 0.278. The van der Waals surface area contributed by atoms with Crippen LogP contribution in [0, 0.1) is 7.05 Å². The van der Waals surface area contributed by atoms with Gasteiger partial charge in [-0.25, -0.2) is 0 Å². The molecule has 3 nitrogen and oxygen atoms in total. The first-order valence-corrected chi connectivity index (χ1v) is 1.66. The number of amides is 1. The molecule has 0 spiro atoms. The molecule has 36 valence electrons. The van der Waals surface area contributed by atoms with E-state index in [4.69, 9.17) is 5.73 Å². The Balaban J connectivity index is 2.83. The average Bonchev–Trinajstić information content (AvgIpc) is 1.35. The average molecular weight is 88.1 g/mol. The van der Waals surface area contributed by atoms with E-state index < -0.39 is 0 Å². The maximum absolute atomic E-state index is 9.75. The van der Waals surface area contributed by atoms with Gasteiger partial charge in [0, 0.05) is 0 Å². The molecular weight excluding hydrogens is 80.0 g/mol. The molecule has 1 amide bonds. The second-order valence-electron chi connectivity index (χ2n) is 0.959. The SMILES string of the molecule is [CH2-][NH2+]CC(N)=O. The molecule has 0 aliphatic rings. The first kappa shape index (κ1) is 5.43. The Kier molecular flexibility index (Phi) is 2.40. The molecule has 0 saturated heterocycles. The van der Waals surface area contributed by atoms with Gasteiger partial charge in [-0.3, -0.25) is 4.79 Å². The number of rotatable bonds is 2. The molecule has 0 aliphatic heterocycles. The molecule has 0 bridgehead atoms. The number of hydrogen-bond donors (Lipinski definition) is 2. The maximum Gasteiger partial charge on any atom is 0.270 e. The third-order valence-electron chi connectivity index (χ3n) is 0.346. The Morgan fingerprint density at radius 1 is 2.00 bits per heavy atom. The summed E-state index contributed by atoms with van der Waals surface area (Å²) < 4.78 is 0. The van der Waals surface area contributed by atoms with E-state index in [0.29, 0.717) is 0 Å². The summed E-state index contributed by atoms with van der Waals surface area (Å²) in [6, 6.07) is 0. The number of nitrogens with two attached hydrogens (primary N) is 2. The number of carbonyl (C=O) groups excluding carboxylic acids is 1. The molecule has 0 radical (unpaired) electrons. The maximum atomic E-state index is 9.75. The summed E-state index contributed by atoms with van der Waals surface area (Å²) in [6.45, 7) is 0.278. The Morgan fingerprint density at radius 3 is 2.50 bits per heavy atom. The second kappa shape index (κ2) is 2.66. The predicted molar refractivity (Wildman–Crippen MR) is 21.3 cm³/mol. The Labute approximate surface area is 36.5 Å². The van der Waals surface area contributed by atoms with Crippen LogP contribution in [0.1, 0.15) is 0 Å². The van der Waals surface area contributed by atoms with Crippen molar-refractivity contribution in [3.63, 3.8) is 0 Å². The van der Waals surface area contributed by atoms with Gasteiger partial charge in [0.25, 0.3) is 5.91 Å². The molecule has 0 aliphatic carbocycles. The lowest BCUT2D eigenvalue weighted by Gasteiger charge is -1.89. The van der Waals surface area contributed by atoms with Gasteiger partial charge >= 0.3 is 0 Å². The summed E-state index contributed by atoms with van der Waals surface area (Å²) in [5.41, 5.74) is 4.69. The van der Waals surface area contributed by atoms with Crippen LogP contribution in [0.2, 0.25) is 0 Å². The normalized spacial score (nSPS) is 8.17. The molecule has 4 N–H and O–H groups in total. The van der Waals surface area contributed by atoms with Crippen LogP contribution >= 0.6 is 0 Å². The third-order valence-corrected chi connectivity index (χ3v) is 0.346. The minimum Gasteiger partial charge on any atom is -0.471 e. The van der Waals surface area contributed by atoms with Crippen LogP contribution in [0.25, 0.3) is 0 Å². The van der Waals surface area contributed by atoms with E-state index in [1.807, 2.05) is 0 Å². The van der Waals surface area contributed by atoms with Crippen molar-refractivity contribution in [2.45, 2.75) is 0 Å². The summed E-state index contributed by atoms with van der Waals surface area (Å²) in [6.07, 6.45) is 0. The van der Waals surface area contributed by atoms with Gasteiger partial charge in [-0.1, -0.05) is 0 Å². The molecular formula is C3H8N2O. The minimum atomic E-state index is -0.329. The predicted octanol–water partition coefficient (Wildman–Crippen LogP) is -2.17. The van der Waals surface area contributed by atoms with Crippen molar-refractivity contribution in [3.05, 3.63) is 7.05 Å². The van der Waals surface area contributed by atoms with E-state index in [2.05, 4.69) is 7.05 Å². The van der Waals surface area contributed by atoms with Crippen molar-refractivity contribution in [1.29, 1.82) is 0 Å². The highest BCUT2D eigenvalue weighted by molar-refractivity contribution is 5.74. The smallest absolute Gasteiger partial charge is 0.270 e. The molecule has 0 atom stereocenters. The van der Waals surface area contributed by atoms with E-state index in [1.54, 1.807) is 0 Å². The summed E-state index contributed by atoms with van der Waals surface area (Å²) in [5.74, 6) is -0.329. The second-order valence-corrected chi connectivity index (χ2v) is 0.959. The molecule has 0 rings (SSSR count). The Hall–Kier alpha value is -0.570. The van der Waals surface area contributed by atoms with Crippen LogP contribution in [0.15, 0.2) is 0 Å². The first-order valence-electron chi connectivity index (χ1n) is 1.66. The van der Waals surface area contributed by atoms with Crippen LogP contribution in [0.4, 0.5) is 0 Å². The lowest BCUT2D eigenvalue weighted by Crippen LogP contribution is -2.79. The molecule has 3 heteroatoms. The van der Waals surface area contributed by atoms with Gasteiger partial charge in [-0.05, 0) is 0 Å². The number of carbonyl (C=O) groups is 1. The quantitative estimate of drug-likeness (QED) is 0.371. The topological polar surface area (TPSA) is 59.7 Å². The lowest BCUT2D eigenvalue weighted by molar-refractivity contribution is -0.583. The van der Waals surface area contributed by atoms with Gasteiger partial charge in [0.15, 0.2) is 0 Å². The van der Waals surface area contributed by atoms with Crippen LogP contribution < -0.4 is 11.1 Å². The lowest BCUT2D eigenvalue weighted by atomic mass is 10.6. The number of quaternary nitrogens is 1. The van der Waals surface area contributed by atoms with E-state index in [0.717, 1.165) is 0 Å². The zero-order valence-corrected chi connectivity index (χ0v) is 3.48. The van der Waals surface area contributed by atoms with E-state index in [1.165, 1.54) is 5.32 Å². The standard InChI is InChI=1S/C3H8N2O/c1-5-2-3(4)6/h1-2,5H2,(H2,4,6). The highest BCUT2D eigenvalue weighted by atomic mass is 16.1. The molecule has 6 heavy (non-hydrogen) atoms. The van der Waals surface area contributed by atoms with Crippen molar-refractivity contribution in [3.8, 4) is 0 Å². The van der Waals surface area contributed by atoms with Gasteiger partial charge in [-0.2, -0.15) is 7.05 Å². The Bertz CT molecular complexity index is 52.8. The molecule has 0 aromatic heterocycles. The van der Waals surface area contributed by atoms with Gasteiger partial charge in [0.2, 0.25) is 0 Å². The zero-order valence-electron chi connectivity index (χ0n) is 3.48. The van der Waals surface area contributed by atoms with Gasteiger partial charge in [0.1, 0.15) is 6.54 Å². The molecule has 0 aromatic carbocycles. The molecule has 0 aromatic rings. The van der Waals surface area contributed by atoms with E-state index in [9.17, 15) is 4.79 Å². The van der Waals surface area contributed by atoms with Crippen molar-refractivity contribution in [1.82, 2.24) is 0 Å². The largest absolute Gasteiger partial charge is 0.471 e. The van der Waals surface area contributed by atoms with Gasteiger partial charge in [0.05, 0.1) is 0 Å². The van der Waals surface area contributed by atoms with Crippen molar-refractivity contribution in [2.24, 2.45) is 5.73 Å². The molecule has 0 heterocycles. The molecule has 0 saturated carbocycles. The number of hydrogen-bond acceptors (Lipinski definition) is 1. The van der Waals surface area contributed by atoms with Crippen LogP contribution in [0.5, 0.6) is 0 Å². The fourth-order valence-electron chi connectivity index (χ4n) is 0.142. The summed E-state index contributed by atoms with van der Waals surface area (Å²) in [5, 5.41) is 1.47. The highest BCUT2D eigenvalue weighted by Crippen LogP contribution is 1.35. The first-order chi connectivity index (χ1) is 2.77. The van der Waals surface area contributed by atoms with Crippen molar-refractivity contribution in [2.75, 3.05) is 6.54 Å². The van der Waals surface area contributed by atoms with Crippen LogP contribution in [-0.2, 0) is 4.79 Å². The number of primary amides is 1. The molecule has 0 fully saturated rings.